The fourth-order valence-electron chi connectivity index (χ4n) is 7.88. The first-order valence-corrected chi connectivity index (χ1v) is 17.3. The zero-order chi connectivity index (χ0) is 33.5. The summed E-state index contributed by atoms with van der Waals surface area (Å²) in [5, 5.41) is 7.33. The predicted molar refractivity (Wildman–Crippen MR) is 208 cm³/mol. The Hall–Kier alpha value is -5.96. The average Bonchev–Trinajstić information content (AvgIpc) is 3.46. The molecule has 0 fully saturated rings. The molecule has 2 nitrogen and oxygen atoms in total. The van der Waals surface area contributed by atoms with Gasteiger partial charge in [0, 0.05) is 0 Å². The molecule has 0 amide bonds. The highest BCUT2D eigenvalue weighted by molar-refractivity contribution is 5.97. The second-order valence-corrected chi connectivity index (χ2v) is 13.2. The first-order valence-electron chi connectivity index (χ1n) is 17.3. The van der Waals surface area contributed by atoms with Crippen molar-refractivity contribution in [2.75, 3.05) is 13.2 Å². The van der Waals surface area contributed by atoms with Crippen molar-refractivity contribution in [3.8, 4) is 16.9 Å². The van der Waals surface area contributed by atoms with Crippen LogP contribution in [-0.4, -0.2) is 13.2 Å². The summed E-state index contributed by atoms with van der Waals surface area (Å²) in [7, 11) is 0. The summed E-state index contributed by atoms with van der Waals surface area (Å²) >= 11 is 0. The van der Waals surface area contributed by atoms with Crippen molar-refractivity contribution in [1.29, 1.82) is 0 Å². The Morgan fingerprint density at radius 2 is 1.08 bits per heavy atom. The van der Waals surface area contributed by atoms with E-state index in [0.29, 0.717) is 19.8 Å². The Kier molecular flexibility index (Phi) is 7.53. The first-order chi connectivity index (χ1) is 24.7. The van der Waals surface area contributed by atoms with Gasteiger partial charge in [-0.25, -0.2) is 0 Å². The second-order valence-electron chi connectivity index (χ2n) is 13.2. The van der Waals surface area contributed by atoms with Crippen LogP contribution in [0.5, 0.6) is 5.75 Å². The Morgan fingerprint density at radius 3 is 1.84 bits per heavy atom. The van der Waals surface area contributed by atoms with Gasteiger partial charge in [0.15, 0.2) is 0 Å². The molecule has 2 heteroatoms. The standard InChI is InChI=1S/C48H36O2/c1-2-33-15-17-34(18-16-33)32-49-25-26-50-43-24-21-39-28-42(23-20-40(39)29-43)48(41-22-19-35-9-3-4-10-36(35)27-41)46-14-8-7-13-44(46)45-30-37-11-5-6-12-38(37)31-47(45)48/h2-24,27-31H,1,25-26,32H2. The van der Waals surface area contributed by atoms with Crippen molar-refractivity contribution in [1.82, 2.24) is 0 Å². The quantitative estimate of drug-likeness (QED) is 0.146. The van der Waals surface area contributed by atoms with E-state index in [1.54, 1.807) is 0 Å². The molecule has 0 heterocycles. The van der Waals surface area contributed by atoms with Crippen LogP contribution < -0.4 is 4.74 Å². The third kappa shape index (κ3) is 5.08. The van der Waals surface area contributed by atoms with Crippen molar-refractivity contribution < 1.29 is 9.47 Å². The molecule has 9 rings (SSSR count). The lowest BCUT2D eigenvalue weighted by Gasteiger charge is -2.34. The van der Waals surface area contributed by atoms with Gasteiger partial charge in [0.2, 0.25) is 0 Å². The van der Waals surface area contributed by atoms with Gasteiger partial charge in [-0.2, -0.15) is 0 Å². The monoisotopic (exact) mass is 644 g/mol. The van der Waals surface area contributed by atoms with Gasteiger partial charge < -0.3 is 9.47 Å². The number of hydrogen-bond donors (Lipinski definition) is 0. The molecule has 240 valence electrons. The van der Waals surface area contributed by atoms with Gasteiger partial charge in [-0.3, -0.25) is 0 Å². The lowest BCUT2D eigenvalue weighted by atomic mass is 9.67. The van der Waals surface area contributed by atoms with Crippen molar-refractivity contribution in [3.63, 3.8) is 0 Å². The predicted octanol–water partition coefficient (Wildman–Crippen LogP) is 11.7. The van der Waals surface area contributed by atoms with Crippen LogP contribution in [0.2, 0.25) is 0 Å². The van der Waals surface area contributed by atoms with E-state index >= 15 is 0 Å². The van der Waals surface area contributed by atoms with E-state index in [9.17, 15) is 0 Å². The maximum absolute atomic E-state index is 6.14. The van der Waals surface area contributed by atoms with E-state index in [1.807, 2.05) is 6.08 Å². The molecule has 50 heavy (non-hydrogen) atoms. The van der Waals surface area contributed by atoms with Crippen LogP contribution in [0.1, 0.15) is 33.4 Å². The number of hydrogen-bond acceptors (Lipinski definition) is 2. The molecule has 8 aromatic carbocycles. The Morgan fingerprint density at radius 1 is 0.480 bits per heavy atom. The summed E-state index contributed by atoms with van der Waals surface area (Å²) in [5.74, 6) is 0.844. The summed E-state index contributed by atoms with van der Waals surface area (Å²) in [6.07, 6.45) is 1.85. The molecule has 1 atom stereocenters. The highest BCUT2D eigenvalue weighted by Crippen LogP contribution is 2.57. The molecule has 0 saturated heterocycles. The van der Waals surface area contributed by atoms with Gasteiger partial charge in [-0.15, -0.1) is 0 Å². The molecule has 8 aromatic rings. The first kappa shape index (κ1) is 30.1. The van der Waals surface area contributed by atoms with Crippen LogP contribution in [0.15, 0.2) is 170 Å². The normalized spacial score (nSPS) is 14.9. The summed E-state index contributed by atoms with van der Waals surface area (Å²) in [6, 6.07) is 59.8. The number of ether oxygens (including phenoxy) is 2. The number of benzene rings is 8. The molecule has 0 bridgehead atoms. The molecule has 0 aromatic heterocycles. The highest BCUT2D eigenvalue weighted by Gasteiger charge is 2.46. The SMILES string of the molecule is C=Cc1ccc(COCCOc2ccc3cc(C4(c5ccc6ccccc6c5)c5ccccc5-c5cc6ccccc6cc54)ccc3c2)cc1. The average molecular weight is 645 g/mol. The van der Waals surface area contributed by atoms with Crippen LogP contribution in [0.25, 0.3) is 49.5 Å². The van der Waals surface area contributed by atoms with E-state index < -0.39 is 5.41 Å². The fourth-order valence-corrected chi connectivity index (χ4v) is 7.88. The zero-order valence-corrected chi connectivity index (χ0v) is 27.8. The van der Waals surface area contributed by atoms with Gasteiger partial charge in [0.05, 0.1) is 18.6 Å². The Balaban J connectivity index is 1.10. The largest absolute Gasteiger partial charge is 0.491 e. The minimum atomic E-state index is -0.493. The molecule has 1 aliphatic rings. The van der Waals surface area contributed by atoms with Gasteiger partial charge in [-0.05, 0) is 113 Å². The maximum Gasteiger partial charge on any atom is 0.120 e. The third-order valence-corrected chi connectivity index (χ3v) is 10.3. The van der Waals surface area contributed by atoms with Gasteiger partial charge in [-0.1, -0.05) is 140 Å². The van der Waals surface area contributed by atoms with E-state index in [4.69, 9.17) is 9.47 Å². The second kappa shape index (κ2) is 12.5. The smallest absolute Gasteiger partial charge is 0.120 e. The summed E-state index contributed by atoms with van der Waals surface area (Å²) in [6.45, 7) is 5.38. The van der Waals surface area contributed by atoms with Crippen LogP contribution >= 0.6 is 0 Å². The Bertz CT molecular complexity index is 2540. The molecule has 0 spiro atoms. The van der Waals surface area contributed by atoms with E-state index in [0.717, 1.165) is 22.3 Å². The molecule has 1 aliphatic carbocycles. The molecular weight excluding hydrogens is 609 g/mol. The summed E-state index contributed by atoms with van der Waals surface area (Å²) < 4.78 is 12.0. The molecule has 0 N–H and O–H groups in total. The van der Waals surface area contributed by atoms with Gasteiger partial charge in [0.1, 0.15) is 12.4 Å². The molecule has 0 saturated carbocycles. The summed E-state index contributed by atoms with van der Waals surface area (Å²) in [5.41, 5.74) is 9.51. The van der Waals surface area contributed by atoms with Crippen LogP contribution in [-0.2, 0) is 16.8 Å². The topological polar surface area (TPSA) is 18.5 Å². The molecule has 0 aliphatic heterocycles. The Labute approximate surface area is 292 Å². The van der Waals surface area contributed by atoms with E-state index in [2.05, 4.69) is 170 Å². The van der Waals surface area contributed by atoms with Crippen LogP contribution in [0.3, 0.4) is 0 Å². The van der Waals surface area contributed by atoms with Gasteiger partial charge in [0.25, 0.3) is 0 Å². The van der Waals surface area contributed by atoms with Crippen molar-refractivity contribution in [3.05, 3.63) is 204 Å². The lowest BCUT2D eigenvalue weighted by Crippen LogP contribution is -2.28. The number of fused-ring (bicyclic) bond motifs is 6. The fraction of sp³-hybridized carbons (Fsp3) is 0.0833. The van der Waals surface area contributed by atoms with E-state index in [1.165, 1.54) is 60.3 Å². The molecular formula is C48H36O2. The molecule has 1 unspecified atom stereocenters. The highest BCUT2D eigenvalue weighted by atomic mass is 16.5. The number of rotatable bonds is 9. The third-order valence-electron chi connectivity index (χ3n) is 10.3. The van der Waals surface area contributed by atoms with Crippen molar-refractivity contribution in [2.45, 2.75) is 12.0 Å². The van der Waals surface area contributed by atoms with Crippen LogP contribution in [0.4, 0.5) is 0 Å². The van der Waals surface area contributed by atoms with Crippen LogP contribution in [0, 0.1) is 0 Å². The van der Waals surface area contributed by atoms with E-state index in [-0.39, 0.29) is 0 Å². The van der Waals surface area contributed by atoms with Gasteiger partial charge >= 0.3 is 0 Å². The maximum atomic E-state index is 6.14. The van der Waals surface area contributed by atoms with Crippen molar-refractivity contribution in [2.24, 2.45) is 0 Å². The van der Waals surface area contributed by atoms with Crippen molar-refractivity contribution >= 4 is 38.4 Å². The summed E-state index contributed by atoms with van der Waals surface area (Å²) in [4.78, 5) is 0. The minimum Gasteiger partial charge on any atom is -0.491 e. The molecule has 0 radical (unpaired) electrons. The minimum absolute atomic E-state index is 0.487. The zero-order valence-electron chi connectivity index (χ0n) is 27.8. The lowest BCUT2D eigenvalue weighted by molar-refractivity contribution is 0.0889.